The largest absolute Gasteiger partial charge is 0.370 e. The van der Waals surface area contributed by atoms with Gasteiger partial charge in [0.05, 0.1) is 18.0 Å². The van der Waals surface area contributed by atoms with Crippen LogP contribution in [0.2, 0.25) is 5.02 Å². The number of halogens is 1. The molecule has 2 aliphatic rings. The maximum atomic E-state index is 13.4. The third-order valence-corrected chi connectivity index (χ3v) is 8.65. The Labute approximate surface area is 195 Å². The molecule has 0 radical (unpaired) electrons. The summed E-state index contributed by atoms with van der Waals surface area (Å²) < 4.78 is 34.0. The molecule has 0 spiro atoms. The minimum absolute atomic E-state index is 0.0337. The van der Waals surface area contributed by atoms with E-state index in [1.54, 1.807) is 39.5 Å². The number of amides is 1. The Morgan fingerprint density at radius 3 is 2.56 bits per heavy atom. The Hall–Kier alpha value is -1.93. The number of nitrogens with zero attached hydrogens (tertiary/aromatic N) is 2. The van der Waals surface area contributed by atoms with Gasteiger partial charge in [-0.3, -0.25) is 4.79 Å². The zero-order chi connectivity index (χ0) is 22.9. The molecule has 2 aliphatic heterocycles. The Balaban J connectivity index is 1.58. The highest BCUT2D eigenvalue weighted by atomic mass is 35.5. The summed E-state index contributed by atoms with van der Waals surface area (Å²) in [5.41, 5.74) is 2.14. The first kappa shape index (κ1) is 23.2. The number of carbonyl (C=O) groups excluding carboxylic acids is 1. The molecular formula is C24H29ClN2O4S. The zero-order valence-corrected chi connectivity index (χ0v) is 20.0. The van der Waals surface area contributed by atoms with E-state index in [0.717, 1.165) is 30.4 Å². The number of benzene rings is 2. The number of rotatable bonds is 4. The predicted octanol–water partition coefficient (Wildman–Crippen LogP) is 4.43. The topological polar surface area (TPSA) is 66.9 Å². The molecule has 32 heavy (non-hydrogen) atoms. The minimum atomic E-state index is -3.65. The number of hydrogen-bond acceptors (Lipinski definition) is 4. The van der Waals surface area contributed by atoms with Crippen LogP contribution < -0.4 is 0 Å². The summed E-state index contributed by atoms with van der Waals surface area (Å²) in [6.45, 7) is 5.59. The summed E-state index contributed by atoms with van der Waals surface area (Å²) in [7, 11) is -3.65. The Kier molecular flexibility index (Phi) is 6.91. The normalized spacial score (nSPS) is 22.7. The van der Waals surface area contributed by atoms with Gasteiger partial charge in [-0.2, -0.15) is 4.31 Å². The Morgan fingerprint density at radius 1 is 1.09 bits per heavy atom. The molecule has 2 fully saturated rings. The SMILES string of the molecule is Cc1ccc(S(=O)(=O)N2CCCCC2C)cc1C(=O)N1CCOC(c2ccc(Cl)cc2)C1. The molecule has 2 aromatic carbocycles. The lowest BCUT2D eigenvalue weighted by atomic mass is 10.0. The number of ether oxygens (including phenoxy) is 1. The highest BCUT2D eigenvalue weighted by molar-refractivity contribution is 7.89. The average Bonchev–Trinajstić information content (AvgIpc) is 2.79. The summed E-state index contributed by atoms with van der Waals surface area (Å²) in [5.74, 6) is -0.173. The summed E-state index contributed by atoms with van der Waals surface area (Å²) >= 11 is 5.99. The maximum Gasteiger partial charge on any atom is 0.254 e. The molecule has 2 aromatic rings. The van der Waals surface area contributed by atoms with Gasteiger partial charge in [0.1, 0.15) is 6.10 Å². The van der Waals surface area contributed by atoms with E-state index in [-0.39, 0.29) is 22.9 Å². The highest BCUT2D eigenvalue weighted by Crippen LogP contribution is 2.28. The molecule has 2 heterocycles. The monoisotopic (exact) mass is 476 g/mol. The van der Waals surface area contributed by atoms with Crippen molar-refractivity contribution in [1.82, 2.24) is 9.21 Å². The van der Waals surface area contributed by atoms with E-state index in [9.17, 15) is 13.2 Å². The number of hydrogen-bond donors (Lipinski definition) is 0. The van der Waals surface area contributed by atoms with Crippen LogP contribution in [0.3, 0.4) is 0 Å². The van der Waals surface area contributed by atoms with Crippen molar-refractivity contribution in [2.24, 2.45) is 0 Å². The molecule has 6 nitrogen and oxygen atoms in total. The van der Waals surface area contributed by atoms with E-state index in [4.69, 9.17) is 16.3 Å². The third-order valence-electron chi connectivity index (χ3n) is 6.38. The van der Waals surface area contributed by atoms with Crippen LogP contribution in [-0.2, 0) is 14.8 Å². The van der Waals surface area contributed by atoms with E-state index < -0.39 is 10.0 Å². The van der Waals surface area contributed by atoms with Gasteiger partial charge in [0, 0.05) is 29.7 Å². The third kappa shape index (κ3) is 4.71. The van der Waals surface area contributed by atoms with Crippen molar-refractivity contribution >= 4 is 27.5 Å². The van der Waals surface area contributed by atoms with Crippen molar-refractivity contribution in [3.8, 4) is 0 Å². The second-order valence-corrected chi connectivity index (χ2v) is 10.9. The van der Waals surface area contributed by atoms with Gasteiger partial charge >= 0.3 is 0 Å². The highest BCUT2D eigenvalue weighted by Gasteiger charge is 2.33. The summed E-state index contributed by atoms with van der Waals surface area (Å²) in [5, 5.41) is 0.647. The molecule has 2 unspecified atom stereocenters. The van der Waals surface area contributed by atoms with Crippen LogP contribution in [-0.4, -0.2) is 55.8 Å². The lowest BCUT2D eigenvalue weighted by molar-refractivity contribution is -0.0228. The smallest absolute Gasteiger partial charge is 0.254 e. The lowest BCUT2D eigenvalue weighted by Gasteiger charge is -2.34. The molecule has 0 aromatic heterocycles. The second kappa shape index (κ2) is 9.51. The summed E-state index contributed by atoms with van der Waals surface area (Å²) in [6.07, 6.45) is 2.51. The van der Waals surface area contributed by atoms with Gasteiger partial charge in [-0.1, -0.05) is 36.2 Å². The van der Waals surface area contributed by atoms with Crippen LogP contribution in [0, 0.1) is 6.92 Å². The first-order valence-electron chi connectivity index (χ1n) is 11.1. The van der Waals surface area contributed by atoms with Crippen LogP contribution in [0.4, 0.5) is 0 Å². The minimum Gasteiger partial charge on any atom is -0.370 e. The molecule has 4 rings (SSSR count). The quantitative estimate of drug-likeness (QED) is 0.654. The second-order valence-electron chi connectivity index (χ2n) is 8.60. The van der Waals surface area contributed by atoms with Crippen LogP contribution in [0.15, 0.2) is 47.4 Å². The fourth-order valence-corrected chi connectivity index (χ4v) is 6.29. The predicted molar refractivity (Wildman–Crippen MR) is 124 cm³/mol. The Bertz CT molecular complexity index is 1090. The van der Waals surface area contributed by atoms with Crippen LogP contribution in [0.1, 0.15) is 53.8 Å². The van der Waals surface area contributed by atoms with Crippen molar-refractivity contribution in [2.45, 2.75) is 50.2 Å². The number of morpholine rings is 1. The molecule has 0 bridgehead atoms. The first-order valence-corrected chi connectivity index (χ1v) is 12.9. The van der Waals surface area contributed by atoms with Crippen LogP contribution in [0.25, 0.3) is 0 Å². The fourth-order valence-electron chi connectivity index (χ4n) is 4.44. The van der Waals surface area contributed by atoms with E-state index >= 15 is 0 Å². The molecule has 1 amide bonds. The number of carbonyl (C=O) groups is 1. The molecule has 0 saturated carbocycles. The van der Waals surface area contributed by atoms with Gasteiger partial charge < -0.3 is 9.64 Å². The number of sulfonamides is 1. The molecule has 8 heteroatoms. The first-order chi connectivity index (χ1) is 15.3. The van der Waals surface area contributed by atoms with Crippen molar-refractivity contribution in [3.05, 3.63) is 64.2 Å². The molecule has 172 valence electrons. The molecule has 0 aliphatic carbocycles. The van der Waals surface area contributed by atoms with Crippen molar-refractivity contribution in [2.75, 3.05) is 26.2 Å². The average molecular weight is 477 g/mol. The zero-order valence-electron chi connectivity index (χ0n) is 18.5. The van der Waals surface area contributed by atoms with Gasteiger partial charge in [0.25, 0.3) is 5.91 Å². The standard InChI is InChI=1S/C24H29ClN2O4S/c1-17-6-11-21(32(29,30)27-12-4-3-5-18(27)2)15-22(17)24(28)26-13-14-31-23(16-26)19-7-9-20(25)10-8-19/h6-11,15,18,23H,3-5,12-14,16H2,1-2H3. The summed E-state index contributed by atoms with van der Waals surface area (Å²) in [6, 6.07) is 12.3. The molecule has 2 saturated heterocycles. The number of piperidine rings is 1. The van der Waals surface area contributed by atoms with E-state index in [1.165, 1.54) is 0 Å². The molecular weight excluding hydrogens is 448 g/mol. The van der Waals surface area contributed by atoms with Crippen molar-refractivity contribution in [1.29, 1.82) is 0 Å². The van der Waals surface area contributed by atoms with E-state index in [0.29, 0.717) is 36.8 Å². The Morgan fingerprint density at radius 2 is 1.84 bits per heavy atom. The van der Waals surface area contributed by atoms with Crippen molar-refractivity contribution in [3.63, 3.8) is 0 Å². The van der Waals surface area contributed by atoms with E-state index in [2.05, 4.69) is 0 Å². The lowest BCUT2D eigenvalue weighted by Crippen LogP contribution is -2.43. The van der Waals surface area contributed by atoms with Crippen LogP contribution in [0.5, 0.6) is 0 Å². The van der Waals surface area contributed by atoms with Gasteiger partial charge in [0.2, 0.25) is 10.0 Å². The van der Waals surface area contributed by atoms with Crippen LogP contribution >= 0.6 is 11.6 Å². The molecule has 2 atom stereocenters. The van der Waals surface area contributed by atoms with Gasteiger partial charge in [-0.15, -0.1) is 0 Å². The van der Waals surface area contributed by atoms with Crippen molar-refractivity contribution < 1.29 is 17.9 Å². The summed E-state index contributed by atoms with van der Waals surface area (Å²) in [4.78, 5) is 15.3. The number of aryl methyl sites for hydroxylation is 1. The fraction of sp³-hybridized carbons (Fsp3) is 0.458. The van der Waals surface area contributed by atoms with Gasteiger partial charge in [-0.25, -0.2) is 8.42 Å². The van der Waals surface area contributed by atoms with Gasteiger partial charge in [0.15, 0.2) is 0 Å². The van der Waals surface area contributed by atoms with E-state index in [1.807, 2.05) is 26.0 Å². The van der Waals surface area contributed by atoms with Gasteiger partial charge in [-0.05, 0) is 62.1 Å². The molecule has 0 N–H and O–H groups in total. The maximum absolute atomic E-state index is 13.4.